The lowest BCUT2D eigenvalue weighted by atomic mass is 9.71. The van der Waals surface area contributed by atoms with Crippen molar-refractivity contribution in [2.75, 3.05) is 14.2 Å². The molecule has 0 aromatic heterocycles. The van der Waals surface area contributed by atoms with Gasteiger partial charge in [-0.1, -0.05) is 31.2 Å². The number of ether oxygens (including phenoxy) is 3. The average Bonchev–Trinajstić information content (AvgIpc) is 2.87. The number of carbonyl (C=O) groups excluding carboxylic acids is 2. The van der Waals surface area contributed by atoms with Crippen molar-refractivity contribution in [1.82, 2.24) is 5.32 Å². The Morgan fingerprint density at radius 2 is 1.83 bits per heavy atom. The Morgan fingerprint density at radius 1 is 1.11 bits per heavy atom. The molecule has 6 nitrogen and oxygen atoms in total. The Kier molecular flexibility index (Phi) is 7.48. The highest BCUT2D eigenvalue weighted by Crippen LogP contribution is 2.47. The van der Waals surface area contributed by atoms with Gasteiger partial charge in [-0.25, -0.2) is 9.18 Å². The van der Waals surface area contributed by atoms with Gasteiger partial charge in [-0.2, -0.15) is 0 Å². The number of dihydropyridines is 1. The largest absolute Gasteiger partial charge is 0.493 e. The quantitative estimate of drug-likeness (QED) is 0.510. The lowest BCUT2D eigenvalue weighted by molar-refractivity contribution is -0.144. The second-order valence-electron chi connectivity index (χ2n) is 9.28. The number of ketones is 1. The first-order valence-corrected chi connectivity index (χ1v) is 12.2. The summed E-state index contributed by atoms with van der Waals surface area (Å²) in [5.41, 5.74) is 3.21. The van der Waals surface area contributed by atoms with Gasteiger partial charge in [-0.15, -0.1) is 0 Å². The number of methoxy groups -OCH3 is 2. The highest BCUT2D eigenvalue weighted by atomic mass is 19.1. The van der Waals surface area contributed by atoms with Gasteiger partial charge in [0.15, 0.2) is 17.3 Å². The van der Waals surface area contributed by atoms with Gasteiger partial charge in [0.25, 0.3) is 0 Å². The van der Waals surface area contributed by atoms with Crippen LogP contribution in [-0.4, -0.2) is 32.1 Å². The summed E-state index contributed by atoms with van der Waals surface area (Å²) in [6.45, 7) is 5.51. The van der Waals surface area contributed by atoms with Crippen LogP contribution in [0.3, 0.4) is 0 Å². The van der Waals surface area contributed by atoms with Crippen molar-refractivity contribution >= 4 is 11.8 Å². The Balaban J connectivity index is 1.77. The van der Waals surface area contributed by atoms with Crippen molar-refractivity contribution in [3.05, 3.63) is 81.9 Å². The van der Waals surface area contributed by atoms with Crippen molar-refractivity contribution in [2.24, 2.45) is 0 Å². The molecule has 0 radical (unpaired) electrons. The van der Waals surface area contributed by atoms with Crippen LogP contribution in [0.2, 0.25) is 0 Å². The van der Waals surface area contributed by atoms with Crippen LogP contribution in [0.1, 0.15) is 63.0 Å². The molecule has 0 unspecified atom stereocenters. The van der Waals surface area contributed by atoms with Crippen molar-refractivity contribution in [3.63, 3.8) is 0 Å². The van der Waals surface area contributed by atoms with Gasteiger partial charge in [0, 0.05) is 29.0 Å². The average molecular weight is 494 g/mol. The van der Waals surface area contributed by atoms with Crippen LogP contribution < -0.4 is 14.8 Å². The number of halogens is 1. The Hall–Kier alpha value is -3.61. The molecule has 36 heavy (non-hydrogen) atoms. The first kappa shape index (κ1) is 25.5. The molecule has 0 spiro atoms. The van der Waals surface area contributed by atoms with Crippen molar-refractivity contribution in [2.45, 2.75) is 58.0 Å². The van der Waals surface area contributed by atoms with Crippen LogP contribution in [-0.2, 0) is 14.3 Å². The predicted octanol–water partition coefficient (Wildman–Crippen LogP) is 5.55. The first-order valence-electron chi connectivity index (χ1n) is 12.2. The zero-order valence-corrected chi connectivity index (χ0v) is 21.3. The van der Waals surface area contributed by atoms with E-state index in [-0.39, 0.29) is 29.8 Å². The lowest BCUT2D eigenvalue weighted by Crippen LogP contribution is -2.36. The van der Waals surface area contributed by atoms with E-state index in [0.29, 0.717) is 46.9 Å². The topological polar surface area (TPSA) is 73.9 Å². The third-order valence-electron chi connectivity index (χ3n) is 7.03. The highest BCUT2D eigenvalue weighted by Gasteiger charge is 2.42. The molecule has 0 saturated heterocycles. The number of esters is 1. The molecule has 2 aromatic carbocycles. The van der Waals surface area contributed by atoms with Crippen molar-refractivity contribution in [3.8, 4) is 11.5 Å². The normalized spacial score (nSPS) is 20.4. The van der Waals surface area contributed by atoms with Crippen LogP contribution in [0, 0.1) is 5.82 Å². The molecule has 1 N–H and O–H groups in total. The molecule has 0 amide bonds. The molecule has 2 aliphatic rings. The molecule has 7 heteroatoms. The van der Waals surface area contributed by atoms with E-state index in [1.165, 1.54) is 6.07 Å². The number of benzene rings is 2. The summed E-state index contributed by atoms with van der Waals surface area (Å²) in [6.07, 6.45) is 1.11. The molecule has 1 aliphatic heterocycles. The number of hydrogen-bond acceptors (Lipinski definition) is 6. The van der Waals surface area contributed by atoms with E-state index in [0.717, 1.165) is 5.56 Å². The summed E-state index contributed by atoms with van der Waals surface area (Å²) in [5, 5.41) is 3.30. The Morgan fingerprint density at radius 3 is 2.50 bits per heavy atom. The van der Waals surface area contributed by atoms with Gasteiger partial charge < -0.3 is 19.5 Å². The summed E-state index contributed by atoms with van der Waals surface area (Å²) >= 11 is 0. The first-order chi connectivity index (χ1) is 17.3. The second-order valence-corrected chi connectivity index (χ2v) is 9.28. The van der Waals surface area contributed by atoms with Crippen LogP contribution in [0.5, 0.6) is 11.5 Å². The van der Waals surface area contributed by atoms with Crippen LogP contribution in [0.4, 0.5) is 4.39 Å². The summed E-state index contributed by atoms with van der Waals surface area (Å²) in [4.78, 5) is 27.0. The third-order valence-corrected chi connectivity index (χ3v) is 7.03. The van der Waals surface area contributed by atoms with E-state index < -0.39 is 17.7 Å². The molecule has 4 rings (SSSR count). The standard InChI is InChI=1S/C29H32FNO5/c1-6-16(2)36-29(33)26-17(3)31-22-13-19(18-11-12-24(34-4)25(15-18)35-5)14-23(32)28(22)27(26)20-9-7-8-10-21(20)30/h7-12,15-16,19,27,31H,6,13-14H2,1-5H3/t16-,19-,27+/m1/s1. The molecule has 190 valence electrons. The van der Waals surface area contributed by atoms with E-state index >= 15 is 4.39 Å². The number of nitrogens with one attached hydrogen (secondary N) is 1. The van der Waals surface area contributed by atoms with Gasteiger partial charge >= 0.3 is 5.97 Å². The molecular formula is C29H32FNO5. The smallest absolute Gasteiger partial charge is 0.337 e. The van der Waals surface area contributed by atoms with Crippen molar-refractivity contribution in [1.29, 1.82) is 0 Å². The van der Waals surface area contributed by atoms with Crippen LogP contribution >= 0.6 is 0 Å². The van der Waals surface area contributed by atoms with E-state index in [2.05, 4.69) is 5.32 Å². The fourth-order valence-electron chi connectivity index (χ4n) is 5.00. The van der Waals surface area contributed by atoms with Gasteiger partial charge in [0.1, 0.15) is 5.82 Å². The van der Waals surface area contributed by atoms with E-state index in [1.807, 2.05) is 32.0 Å². The molecular weight excluding hydrogens is 461 g/mol. The number of carbonyl (C=O) groups is 2. The van der Waals surface area contributed by atoms with E-state index in [4.69, 9.17) is 14.2 Å². The molecule has 3 atom stereocenters. The zero-order valence-electron chi connectivity index (χ0n) is 21.3. The second kappa shape index (κ2) is 10.6. The molecule has 1 aliphatic carbocycles. The van der Waals surface area contributed by atoms with Gasteiger partial charge in [-0.05, 0) is 56.4 Å². The number of allylic oxidation sites excluding steroid dienone is 3. The molecule has 0 fully saturated rings. The molecule has 2 aromatic rings. The highest BCUT2D eigenvalue weighted by molar-refractivity contribution is 6.04. The maximum atomic E-state index is 15.1. The van der Waals surface area contributed by atoms with E-state index in [9.17, 15) is 9.59 Å². The summed E-state index contributed by atoms with van der Waals surface area (Å²) in [7, 11) is 3.15. The third kappa shape index (κ3) is 4.74. The zero-order chi connectivity index (χ0) is 26.0. The number of rotatable bonds is 7. The SMILES string of the molecule is CC[C@@H](C)OC(=O)C1=C(C)NC2=C(C(=O)C[C@H](c3ccc(OC)c(OC)c3)C2)[C@H]1c1ccccc1F. The fraction of sp³-hybridized carbons (Fsp3) is 0.379. The minimum absolute atomic E-state index is 0.105. The molecule has 0 bridgehead atoms. The lowest BCUT2D eigenvalue weighted by Gasteiger charge is -2.37. The van der Waals surface area contributed by atoms with Crippen LogP contribution in [0.25, 0.3) is 0 Å². The summed E-state index contributed by atoms with van der Waals surface area (Å²) in [6, 6.07) is 11.9. The Labute approximate surface area is 211 Å². The van der Waals surface area contributed by atoms with Crippen molar-refractivity contribution < 1.29 is 28.2 Å². The van der Waals surface area contributed by atoms with Gasteiger partial charge in [0.05, 0.1) is 31.8 Å². The molecule has 0 saturated carbocycles. The number of Topliss-reactive ketones (excluding diaryl/α,β-unsaturated/α-hetero) is 1. The Bertz CT molecular complexity index is 1250. The van der Waals surface area contributed by atoms with Gasteiger partial charge in [0.2, 0.25) is 0 Å². The number of hydrogen-bond donors (Lipinski definition) is 1. The molecule has 1 heterocycles. The van der Waals surface area contributed by atoms with Gasteiger partial charge in [-0.3, -0.25) is 4.79 Å². The summed E-state index contributed by atoms with van der Waals surface area (Å²) < 4.78 is 31.5. The minimum Gasteiger partial charge on any atom is -0.493 e. The maximum Gasteiger partial charge on any atom is 0.337 e. The summed E-state index contributed by atoms with van der Waals surface area (Å²) in [5.74, 6) is -0.866. The fourth-order valence-corrected chi connectivity index (χ4v) is 5.00. The van der Waals surface area contributed by atoms with Crippen LogP contribution in [0.15, 0.2) is 65.0 Å². The monoisotopic (exact) mass is 493 g/mol. The van der Waals surface area contributed by atoms with E-state index in [1.54, 1.807) is 39.3 Å². The minimum atomic E-state index is -0.835. The maximum absolute atomic E-state index is 15.1. The predicted molar refractivity (Wildman–Crippen MR) is 134 cm³/mol.